The summed E-state index contributed by atoms with van der Waals surface area (Å²) in [5, 5.41) is 4.33. The number of ether oxygens (including phenoxy) is 3. The highest BCUT2D eigenvalue weighted by molar-refractivity contribution is 5.80. The molecule has 1 aromatic heterocycles. The lowest BCUT2D eigenvalue weighted by atomic mass is 10.2. The Kier molecular flexibility index (Phi) is 8.05. The molecule has 2 saturated heterocycles. The second-order valence-electron chi connectivity index (χ2n) is 7.60. The molecule has 2 aliphatic rings. The van der Waals surface area contributed by atoms with Crippen LogP contribution in [0.5, 0.6) is 5.75 Å². The Morgan fingerprint density at radius 3 is 2.09 bits per heavy atom. The minimum atomic E-state index is 0.416. The average Bonchev–Trinajstić information content (AvgIpc) is 2.86. The lowest BCUT2D eigenvalue weighted by molar-refractivity contribution is 0.121. The molecule has 0 atom stereocenters. The average molecular weight is 442 g/mol. The smallest absolute Gasteiger partial charge is 0.250 e. The number of nitrogens with one attached hydrogen (secondary N) is 1. The Labute approximate surface area is 188 Å². The highest BCUT2D eigenvalue weighted by atomic mass is 16.5. The van der Waals surface area contributed by atoms with Gasteiger partial charge in [-0.3, -0.25) is 0 Å². The topological polar surface area (TPSA) is 97.2 Å². The van der Waals surface area contributed by atoms with Gasteiger partial charge in [0.15, 0.2) is 0 Å². The maximum Gasteiger partial charge on any atom is 0.250 e. The summed E-state index contributed by atoms with van der Waals surface area (Å²) in [4.78, 5) is 18.1. The van der Waals surface area contributed by atoms with Gasteiger partial charge < -0.3 is 24.0 Å². The number of hydrogen-bond donors (Lipinski definition) is 1. The van der Waals surface area contributed by atoms with Gasteiger partial charge in [0.25, 0.3) is 0 Å². The molecule has 32 heavy (non-hydrogen) atoms. The number of aromatic nitrogens is 3. The second-order valence-corrected chi connectivity index (χ2v) is 7.60. The largest absolute Gasteiger partial charge is 0.494 e. The predicted molar refractivity (Wildman–Crippen MR) is 124 cm³/mol. The lowest BCUT2D eigenvalue weighted by Gasteiger charge is -2.30. The van der Waals surface area contributed by atoms with E-state index in [4.69, 9.17) is 19.2 Å². The van der Waals surface area contributed by atoms with Crippen molar-refractivity contribution in [1.29, 1.82) is 0 Å². The van der Waals surface area contributed by atoms with Gasteiger partial charge in [-0.15, -0.1) is 0 Å². The molecule has 0 unspecified atom stereocenters. The molecule has 0 amide bonds. The van der Waals surface area contributed by atoms with Gasteiger partial charge in [-0.1, -0.05) is 13.3 Å². The van der Waals surface area contributed by atoms with Crippen molar-refractivity contribution in [3.8, 4) is 5.75 Å². The summed E-state index contributed by atoms with van der Waals surface area (Å²) in [5.41, 5.74) is 3.92. The van der Waals surface area contributed by atoms with Gasteiger partial charge in [-0.2, -0.15) is 20.1 Å². The van der Waals surface area contributed by atoms with Gasteiger partial charge in [0.05, 0.1) is 39.2 Å². The molecular weight excluding hydrogens is 410 g/mol. The van der Waals surface area contributed by atoms with Gasteiger partial charge in [0.1, 0.15) is 5.75 Å². The lowest BCUT2D eigenvalue weighted by Crippen LogP contribution is -2.40. The van der Waals surface area contributed by atoms with Crippen molar-refractivity contribution in [2.75, 3.05) is 74.4 Å². The van der Waals surface area contributed by atoms with E-state index in [-0.39, 0.29) is 0 Å². The SMILES string of the molecule is CCCCOc1ccc(/C=N/Nc2nc(N3CCOCC3)nc(N3CCOCC3)n2)cc1. The van der Waals surface area contributed by atoms with Crippen molar-refractivity contribution >= 4 is 24.1 Å². The predicted octanol–water partition coefficient (Wildman–Crippen LogP) is 2.17. The van der Waals surface area contributed by atoms with Crippen LogP contribution in [0, 0.1) is 0 Å². The van der Waals surface area contributed by atoms with Crippen LogP contribution in [-0.2, 0) is 9.47 Å². The van der Waals surface area contributed by atoms with Crippen molar-refractivity contribution in [3.05, 3.63) is 29.8 Å². The molecule has 10 heteroatoms. The molecule has 4 rings (SSSR count). The highest BCUT2D eigenvalue weighted by Crippen LogP contribution is 2.19. The van der Waals surface area contributed by atoms with Crippen molar-refractivity contribution in [1.82, 2.24) is 15.0 Å². The van der Waals surface area contributed by atoms with Crippen molar-refractivity contribution in [3.63, 3.8) is 0 Å². The summed E-state index contributed by atoms with van der Waals surface area (Å²) in [6, 6.07) is 7.84. The zero-order chi connectivity index (χ0) is 22.0. The van der Waals surface area contributed by atoms with E-state index in [1.54, 1.807) is 6.21 Å². The fraction of sp³-hybridized carbons (Fsp3) is 0.545. The Morgan fingerprint density at radius 2 is 1.53 bits per heavy atom. The van der Waals surface area contributed by atoms with E-state index < -0.39 is 0 Å². The Bertz CT molecular complexity index is 830. The minimum Gasteiger partial charge on any atom is -0.494 e. The van der Waals surface area contributed by atoms with E-state index in [2.05, 4.69) is 37.2 Å². The molecule has 2 aliphatic heterocycles. The van der Waals surface area contributed by atoms with Crippen molar-refractivity contribution < 1.29 is 14.2 Å². The maximum absolute atomic E-state index is 5.70. The molecule has 1 aromatic carbocycles. The highest BCUT2D eigenvalue weighted by Gasteiger charge is 2.20. The summed E-state index contributed by atoms with van der Waals surface area (Å²) in [7, 11) is 0. The third-order valence-electron chi connectivity index (χ3n) is 5.22. The number of unbranched alkanes of at least 4 members (excludes halogenated alkanes) is 1. The number of anilines is 3. The molecule has 10 nitrogen and oxygen atoms in total. The fourth-order valence-corrected chi connectivity index (χ4v) is 3.36. The minimum absolute atomic E-state index is 0.416. The van der Waals surface area contributed by atoms with Crippen LogP contribution in [0.15, 0.2) is 29.4 Å². The normalized spacial score (nSPS) is 17.0. The number of benzene rings is 1. The molecule has 0 radical (unpaired) electrons. The van der Waals surface area contributed by atoms with E-state index in [9.17, 15) is 0 Å². The summed E-state index contributed by atoms with van der Waals surface area (Å²) < 4.78 is 16.6. The van der Waals surface area contributed by atoms with Crippen LogP contribution in [0.1, 0.15) is 25.3 Å². The third kappa shape index (κ3) is 6.27. The summed E-state index contributed by atoms with van der Waals surface area (Å²) in [6.45, 7) is 8.55. The van der Waals surface area contributed by atoms with Crippen LogP contribution in [0.4, 0.5) is 17.8 Å². The molecule has 2 fully saturated rings. The van der Waals surface area contributed by atoms with Gasteiger partial charge in [0.2, 0.25) is 17.8 Å². The zero-order valence-corrected chi connectivity index (χ0v) is 18.6. The van der Waals surface area contributed by atoms with E-state index in [1.807, 2.05) is 24.3 Å². The Balaban J connectivity index is 1.44. The van der Waals surface area contributed by atoms with E-state index in [0.29, 0.717) is 44.3 Å². The summed E-state index contributed by atoms with van der Waals surface area (Å²) in [6.07, 6.45) is 3.91. The van der Waals surface area contributed by atoms with Gasteiger partial charge >= 0.3 is 0 Å². The standard InChI is InChI=1S/C22H31N7O3/c1-2-3-12-32-19-6-4-18(5-7-19)17-23-27-20-24-21(28-8-13-30-14-9-28)26-22(25-20)29-10-15-31-16-11-29/h4-7,17H,2-3,8-16H2,1H3,(H,24,25,26,27)/b23-17+. The third-order valence-corrected chi connectivity index (χ3v) is 5.22. The number of nitrogens with zero attached hydrogens (tertiary/aromatic N) is 6. The van der Waals surface area contributed by atoms with Crippen LogP contribution in [0.25, 0.3) is 0 Å². The van der Waals surface area contributed by atoms with Crippen LogP contribution in [0.3, 0.4) is 0 Å². The van der Waals surface area contributed by atoms with Crippen molar-refractivity contribution in [2.45, 2.75) is 19.8 Å². The fourth-order valence-electron chi connectivity index (χ4n) is 3.36. The number of hydrazone groups is 1. The first-order valence-corrected chi connectivity index (χ1v) is 11.3. The van der Waals surface area contributed by atoms with Gasteiger partial charge in [-0.05, 0) is 36.2 Å². The van der Waals surface area contributed by atoms with Crippen LogP contribution in [0.2, 0.25) is 0 Å². The molecule has 0 saturated carbocycles. The first-order valence-electron chi connectivity index (χ1n) is 11.3. The Morgan fingerprint density at radius 1 is 0.938 bits per heavy atom. The number of rotatable bonds is 9. The van der Waals surface area contributed by atoms with Crippen LogP contribution >= 0.6 is 0 Å². The zero-order valence-electron chi connectivity index (χ0n) is 18.6. The molecule has 172 valence electrons. The Hall–Kier alpha value is -2.98. The van der Waals surface area contributed by atoms with E-state index in [1.165, 1.54) is 0 Å². The van der Waals surface area contributed by atoms with E-state index in [0.717, 1.165) is 56.9 Å². The van der Waals surface area contributed by atoms with Crippen molar-refractivity contribution in [2.24, 2.45) is 5.10 Å². The van der Waals surface area contributed by atoms with Gasteiger partial charge in [0, 0.05) is 26.2 Å². The van der Waals surface area contributed by atoms with Gasteiger partial charge in [-0.25, -0.2) is 5.43 Å². The molecule has 2 aromatic rings. The monoisotopic (exact) mass is 441 g/mol. The summed E-state index contributed by atoms with van der Waals surface area (Å²) in [5.74, 6) is 2.55. The van der Waals surface area contributed by atoms with Crippen LogP contribution in [-0.4, -0.2) is 80.4 Å². The molecule has 3 heterocycles. The second kappa shape index (κ2) is 11.6. The molecule has 0 aliphatic carbocycles. The molecule has 1 N–H and O–H groups in total. The number of morpholine rings is 2. The molecule has 0 bridgehead atoms. The quantitative estimate of drug-likeness (QED) is 0.357. The molecular formula is C22H31N7O3. The number of hydrogen-bond acceptors (Lipinski definition) is 10. The maximum atomic E-state index is 5.70. The first-order chi connectivity index (χ1) is 15.8. The molecule has 0 spiro atoms. The summed E-state index contributed by atoms with van der Waals surface area (Å²) >= 11 is 0. The first kappa shape index (κ1) is 22.2. The van der Waals surface area contributed by atoms with Crippen LogP contribution < -0.4 is 20.0 Å². The van der Waals surface area contributed by atoms with E-state index >= 15 is 0 Å².